The predicted octanol–water partition coefficient (Wildman–Crippen LogP) is 15.2. The summed E-state index contributed by atoms with van der Waals surface area (Å²) in [5.74, 6) is 2.03. The molecule has 3 saturated heterocycles. The Kier molecular flexibility index (Phi) is 19.9. The van der Waals surface area contributed by atoms with E-state index in [2.05, 4.69) is 139 Å². The van der Waals surface area contributed by atoms with Gasteiger partial charge in [0.05, 0.1) is 19.7 Å². The number of nitrogens with zero attached hydrogens (tertiary/aromatic N) is 2. The first kappa shape index (κ1) is 50.8. The van der Waals surface area contributed by atoms with Gasteiger partial charge in [0.15, 0.2) is 25.0 Å². The largest absolute Gasteiger partial charge is 0.414 e. The summed E-state index contributed by atoms with van der Waals surface area (Å²) in [6.45, 7) is 37.7. The third kappa shape index (κ3) is 15.2. The molecule has 4 rings (SSSR count). The van der Waals surface area contributed by atoms with Crippen LogP contribution < -0.4 is 4.90 Å². The van der Waals surface area contributed by atoms with Crippen LogP contribution in [0.25, 0.3) is 0 Å². The molecule has 3 aliphatic heterocycles. The number of rotatable bonds is 11. The first-order chi connectivity index (χ1) is 27.2. The smallest absolute Gasteiger partial charge is 0.187 e. The highest BCUT2D eigenvalue weighted by molar-refractivity contribution is 9.09. The average Bonchev–Trinajstić information content (AvgIpc) is 3.48. The van der Waals surface area contributed by atoms with Crippen molar-refractivity contribution in [2.24, 2.45) is 11.8 Å². The Labute approximate surface area is 372 Å². The van der Waals surface area contributed by atoms with E-state index in [1.807, 2.05) is 0 Å². The van der Waals surface area contributed by atoms with Crippen molar-refractivity contribution >= 4 is 54.6 Å². The zero-order valence-corrected chi connectivity index (χ0v) is 46.1. The Hall–Kier alpha value is 0.208. The van der Waals surface area contributed by atoms with Gasteiger partial charge in [0.2, 0.25) is 0 Å². The molecule has 58 heavy (non-hydrogen) atoms. The van der Waals surface area contributed by atoms with Gasteiger partial charge in [-0.15, -0.1) is 0 Å². The number of para-hydroxylation sites is 1. The molecule has 0 amide bonds. The first-order valence-electron chi connectivity index (χ1n) is 24.5. The minimum atomic E-state index is -1.90. The van der Waals surface area contributed by atoms with E-state index >= 15 is 0 Å². The van der Waals surface area contributed by atoms with E-state index < -0.39 is 33.0 Å². The normalized spacial score (nSPS) is 32.1. The van der Waals surface area contributed by atoms with Gasteiger partial charge in [0.25, 0.3) is 0 Å². The van der Waals surface area contributed by atoms with Crippen LogP contribution in [0, 0.1) is 11.8 Å². The Morgan fingerprint density at radius 1 is 0.707 bits per heavy atom. The number of halogens is 1. The lowest BCUT2D eigenvalue weighted by atomic mass is 9.87. The summed E-state index contributed by atoms with van der Waals surface area (Å²) in [6, 6.07) is 16.9. The number of alkyl halides is 1. The van der Waals surface area contributed by atoms with E-state index in [0.29, 0.717) is 40.8 Å². The van der Waals surface area contributed by atoms with Crippen molar-refractivity contribution in [2.45, 2.75) is 236 Å². The summed E-state index contributed by atoms with van der Waals surface area (Å²) in [6.07, 6.45) is 13.4. The maximum absolute atomic E-state index is 7.55. The van der Waals surface area contributed by atoms with Gasteiger partial charge in [-0.05, 0) is 124 Å². The van der Waals surface area contributed by atoms with Crippen LogP contribution in [0.1, 0.15) is 143 Å². The molecule has 10 heteroatoms. The minimum Gasteiger partial charge on any atom is -0.414 e. The lowest BCUT2D eigenvalue weighted by Crippen LogP contribution is -2.43. The quantitative estimate of drug-likeness (QED) is 0.125. The van der Waals surface area contributed by atoms with Gasteiger partial charge in [-0.2, -0.15) is 0 Å². The van der Waals surface area contributed by atoms with Crippen LogP contribution in [-0.2, 0) is 13.3 Å². The van der Waals surface area contributed by atoms with Gasteiger partial charge in [-0.1, -0.05) is 146 Å². The molecule has 0 aromatic heterocycles. The highest BCUT2D eigenvalue weighted by atomic mass is 79.9. The predicted molar refractivity (Wildman–Crippen MR) is 269 cm³/mol. The maximum atomic E-state index is 7.55. The fourth-order valence-corrected chi connectivity index (χ4v) is 25.0. The molecule has 0 saturated carbocycles. The zero-order valence-electron chi connectivity index (χ0n) is 40.5. The molecule has 1 aromatic carbocycles. The Balaban J connectivity index is 1.65. The summed E-state index contributed by atoms with van der Waals surface area (Å²) in [4.78, 5) is 5.86. The van der Waals surface area contributed by atoms with Crippen LogP contribution in [0.15, 0.2) is 18.2 Å². The third-order valence-corrected chi connectivity index (χ3v) is 28.6. The molecule has 1 aromatic rings. The molecule has 7 atom stereocenters. The molecule has 0 radical (unpaired) electrons. The SMILES string of the molecule is CCCC1CC(C)C2CC(C)C(CCC)O[Si](C)(C)CCC[Si](CCCN3CN(c4c(C(C)C)cccc4C(C)C)CC3Br)(CCC[Si](C)(C)O1)CCC[Si](C)(C)O2. The lowest BCUT2D eigenvalue weighted by Gasteiger charge is -2.39. The van der Waals surface area contributed by atoms with Crippen LogP contribution in [-0.4, -0.2) is 80.9 Å². The number of fused-ring (bicyclic) bond motifs is 6. The van der Waals surface area contributed by atoms with Gasteiger partial charge in [-0.25, -0.2) is 0 Å². The second-order valence-electron chi connectivity index (χ2n) is 22.2. The molecule has 2 bridgehead atoms. The van der Waals surface area contributed by atoms with E-state index in [4.69, 9.17) is 13.3 Å². The Bertz CT molecular complexity index is 1350. The molecule has 5 nitrogen and oxygen atoms in total. The van der Waals surface area contributed by atoms with E-state index in [1.165, 1.54) is 117 Å². The van der Waals surface area contributed by atoms with Crippen molar-refractivity contribution < 1.29 is 13.3 Å². The van der Waals surface area contributed by atoms with Gasteiger partial charge in [-0.3, -0.25) is 4.90 Å². The number of hydrogen-bond acceptors (Lipinski definition) is 5. The highest BCUT2D eigenvalue weighted by Crippen LogP contribution is 2.41. The maximum Gasteiger partial charge on any atom is 0.187 e. The molecular weight excluding hydrogens is 845 g/mol. The van der Waals surface area contributed by atoms with Crippen molar-refractivity contribution in [3.63, 3.8) is 0 Å². The van der Waals surface area contributed by atoms with Crippen LogP contribution in [0.4, 0.5) is 5.69 Å². The minimum absolute atomic E-state index is 0.288. The van der Waals surface area contributed by atoms with Crippen molar-refractivity contribution in [1.82, 2.24) is 4.90 Å². The molecule has 0 aliphatic carbocycles. The van der Waals surface area contributed by atoms with E-state index in [9.17, 15) is 0 Å². The average molecular weight is 939 g/mol. The lowest BCUT2D eigenvalue weighted by molar-refractivity contribution is 0.0402. The standard InChI is InChI=1S/C48H93BrN2O3Si4/c1-15-22-42-34-40(7)46-35-41(8)45(23-16-2)53-56(11,12)28-20-32-58(31-19-27-55(9,10)52-42,33-21-29-57(13,14)54-46)30-18-26-50-37-51(36-47(50)49)48-43(38(3)4)24-17-25-44(48)39(5)6/h17,24-25,38-42,45-47H,15-16,18-23,26-37H2,1-14H3. The number of anilines is 1. The first-order valence-corrected chi connectivity index (χ1v) is 37.6. The third-order valence-electron chi connectivity index (χ3n) is 14.5. The Morgan fingerprint density at radius 3 is 1.78 bits per heavy atom. The fourth-order valence-electron chi connectivity index (χ4n) is 11.2. The summed E-state index contributed by atoms with van der Waals surface area (Å²) < 4.78 is 22.3. The second-order valence-corrected chi connectivity index (χ2v) is 41.0. The van der Waals surface area contributed by atoms with Crippen LogP contribution >= 0.6 is 15.9 Å². The van der Waals surface area contributed by atoms with Gasteiger partial charge < -0.3 is 18.2 Å². The van der Waals surface area contributed by atoms with Crippen LogP contribution in [0.5, 0.6) is 0 Å². The molecule has 0 spiro atoms. The molecular formula is C48H93BrN2O3Si4. The van der Waals surface area contributed by atoms with E-state index in [1.54, 1.807) is 0 Å². The molecule has 3 heterocycles. The monoisotopic (exact) mass is 937 g/mol. The Morgan fingerprint density at radius 2 is 1.24 bits per heavy atom. The summed E-state index contributed by atoms with van der Waals surface area (Å²) in [5, 5.41) is 0. The molecule has 0 N–H and O–H groups in total. The zero-order chi connectivity index (χ0) is 42.9. The molecule has 3 fully saturated rings. The van der Waals surface area contributed by atoms with E-state index in [0.717, 1.165) is 26.1 Å². The summed E-state index contributed by atoms with van der Waals surface area (Å²) in [5.41, 5.74) is 4.51. The summed E-state index contributed by atoms with van der Waals surface area (Å²) >= 11 is 4.20. The van der Waals surface area contributed by atoms with Crippen molar-refractivity contribution in [1.29, 1.82) is 0 Å². The summed E-state index contributed by atoms with van der Waals surface area (Å²) in [7, 11) is -7.18. The van der Waals surface area contributed by atoms with Crippen LogP contribution in [0.3, 0.4) is 0 Å². The number of hydrogen-bond donors (Lipinski definition) is 0. The van der Waals surface area contributed by atoms with Crippen molar-refractivity contribution in [2.75, 3.05) is 24.7 Å². The fraction of sp³-hybridized carbons (Fsp3) is 0.875. The number of benzene rings is 1. The van der Waals surface area contributed by atoms with Gasteiger partial charge in [0, 0.05) is 37.1 Å². The van der Waals surface area contributed by atoms with Crippen molar-refractivity contribution in [3.05, 3.63) is 29.3 Å². The molecule has 7 unspecified atom stereocenters. The molecule has 3 aliphatic rings. The van der Waals surface area contributed by atoms with Crippen LogP contribution in [0.2, 0.25) is 81.6 Å². The van der Waals surface area contributed by atoms with Gasteiger partial charge >= 0.3 is 0 Å². The van der Waals surface area contributed by atoms with Crippen molar-refractivity contribution in [3.8, 4) is 0 Å². The van der Waals surface area contributed by atoms with Gasteiger partial charge in [0.1, 0.15) is 0 Å². The second kappa shape index (κ2) is 22.7. The topological polar surface area (TPSA) is 34.2 Å². The molecule has 336 valence electrons. The highest BCUT2D eigenvalue weighted by Gasteiger charge is 2.40. The van der Waals surface area contributed by atoms with E-state index in [-0.39, 0.29) is 6.10 Å².